The third-order valence-electron chi connectivity index (χ3n) is 3.66. The van der Waals surface area contributed by atoms with E-state index in [-0.39, 0.29) is 24.8 Å². The first-order valence-electron chi connectivity index (χ1n) is 6.61. The zero-order valence-electron chi connectivity index (χ0n) is 12.0. The number of rotatable bonds is 2. The molecule has 1 aliphatic carbocycles. The van der Waals surface area contributed by atoms with Crippen LogP contribution in [0.3, 0.4) is 0 Å². The van der Waals surface area contributed by atoms with Gasteiger partial charge in [0.2, 0.25) is 0 Å². The van der Waals surface area contributed by atoms with Gasteiger partial charge in [0.1, 0.15) is 17.0 Å². The van der Waals surface area contributed by atoms with Gasteiger partial charge < -0.3 is 5.32 Å². The molecular formula is C14H15Cl3N4S. The van der Waals surface area contributed by atoms with Crippen LogP contribution in [-0.2, 0) is 0 Å². The predicted octanol–water partition coefficient (Wildman–Crippen LogP) is 4.93. The summed E-state index contributed by atoms with van der Waals surface area (Å²) in [6.45, 7) is 3.97. The second kappa shape index (κ2) is 6.32. The summed E-state index contributed by atoms with van der Waals surface area (Å²) in [5, 5.41) is 5.25. The van der Waals surface area contributed by atoms with Crippen LogP contribution in [0.4, 0.5) is 5.82 Å². The van der Waals surface area contributed by atoms with E-state index in [4.69, 9.17) is 11.6 Å². The maximum atomic E-state index is 6.33. The summed E-state index contributed by atoms with van der Waals surface area (Å²) >= 11 is 7.97. The van der Waals surface area contributed by atoms with Crippen molar-refractivity contribution in [3.63, 3.8) is 0 Å². The molecule has 0 radical (unpaired) electrons. The zero-order valence-corrected chi connectivity index (χ0v) is 15.2. The van der Waals surface area contributed by atoms with E-state index in [0.29, 0.717) is 6.04 Å². The molecule has 0 aliphatic heterocycles. The van der Waals surface area contributed by atoms with E-state index in [9.17, 15) is 0 Å². The van der Waals surface area contributed by atoms with Gasteiger partial charge in [-0.3, -0.25) is 0 Å². The van der Waals surface area contributed by atoms with Gasteiger partial charge in [-0.25, -0.2) is 15.0 Å². The van der Waals surface area contributed by atoms with Crippen LogP contribution in [0.25, 0.3) is 20.4 Å². The van der Waals surface area contributed by atoms with Gasteiger partial charge in [0.15, 0.2) is 0 Å². The molecule has 0 amide bonds. The van der Waals surface area contributed by atoms with Crippen molar-refractivity contribution < 1.29 is 0 Å². The highest BCUT2D eigenvalue weighted by Gasteiger charge is 2.24. The van der Waals surface area contributed by atoms with Crippen LogP contribution >= 0.6 is 47.8 Å². The molecule has 0 bridgehead atoms. The van der Waals surface area contributed by atoms with E-state index >= 15 is 0 Å². The number of aryl methyl sites for hydroxylation is 2. The molecule has 0 atom stereocenters. The molecule has 4 nitrogen and oxygen atoms in total. The summed E-state index contributed by atoms with van der Waals surface area (Å²) in [4.78, 5) is 14.4. The first-order valence-corrected chi connectivity index (χ1v) is 7.81. The van der Waals surface area contributed by atoms with Crippen molar-refractivity contribution in [2.24, 2.45) is 0 Å². The molecule has 22 heavy (non-hydrogen) atoms. The zero-order chi connectivity index (χ0) is 13.9. The molecule has 1 fully saturated rings. The van der Waals surface area contributed by atoms with Gasteiger partial charge in [-0.15, -0.1) is 36.2 Å². The summed E-state index contributed by atoms with van der Waals surface area (Å²) < 4.78 is 1.08. The minimum absolute atomic E-state index is 0. The van der Waals surface area contributed by atoms with Crippen LogP contribution in [0.5, 0.6) is 0 Å². The molecule has 0 unspecified atom stereocenters. The van der Waals surface area contributed by atoms with Crippen LogP contribution in [0.2, 0.25) is 5.02 Å². The monoisotopic (exact) mass is 376 g/mol. The van der Waals surface area contributed by atoms with Gasteiger partial charge in [0, 0.05) is 11.4 Å². The van der Waals surface area contributed by atoms with Crippen molar-refractivity contribution >= 4 is 74.0 Å². The topological polar surface area (TPSA) is 50.7 Å². The van der Waals surface area contributed by atoms with E-state index < -0.39 is 0 Å². The molecule has 1 N–H and O–H groups in total. The number of nitrogens with zero attached hydrogens (tertiary/aromatic N) is 3. The number of hydrogen-bond acceptors (Lipinski definition) is 5. The number of fused-ring (bicyclic) bond motifs is 3. The van der Waals surface area contributed by atoms with Crippen LogP contribution in [-0.4, -0.2) is 21.0 Å². The van der Waals surface area contributed by atoms with E-state index in [2.05, 4.69) is 20.3 Å². The van der Waals surface area contributed by atoms with Gasteiger partial charge in [-0.1, -0.05) is 11.6 Å². The molecule has 1 saturated carbocycles. The molecular weight excluding hydrogens is 363 g/mol. The van der Waals surface area contributed by atoms with E-state index in [1.165, 1.54) is 12.8 Å². The molecule has 3 aromatic heterocycles. The Morgan fingerprint density at radius 3 is 2.64 bits per heavy atom. The molecule has 3 heterocycles. The average Bonchev–Trinajstić information content (AvgIpc) is 3.16. The number of aromatic nitrogens is 3. The van der Waals surface area contributed by atoms with Crippen molar-refractivity contribution in [2.45, 2.75) is 32.7 Å². The van der Waals surface area contributed by atoms with Crippen molar-refractivity contribution in [3.8, 4) is 0 Å². The highest BCUT2D eigenvalue weighted by atomic mass is 35.5. The van der Waals surface area contributed by atoms with E-state index in [1.807, 2.05) is 13.8 Å². The molecule has 1 aliphatic rings. The van der Waals surface area contributed by atoms with Crippen molar-refractivity contribution in [3.05, 3.63) is 22.6 Å². The molecule has 3 aromatic rings. The Morgan fingerprint density at radius 2 is 1.95 bits per heavy atom. The van der Waals surface area contributed by atoms with Crippen molar-refractivity contribution in [2.75, 3.05) is 5.32 Å². The molecule has 0 spiro atoms. The second-order valence-electron chi connectivity index (χ2n) is 5.24. The number of anilines is 1. The van der Waals surface area contributed by atoms with E-state index in [0.717, 1.165) is 42.5 Å². The molecule has 0 aromatic carbocycles. The van der Waals surface area contributed by atoms with Crippen LogP contribution < -0.4 is 5.32 Å². The first kappa shape index (κ1) is 17.5. The third-order valence-corrected chi connectivity index (χ3v) is 5.30. The average molecular weight is 378 g/mol. The lowest BCUT2D eigenvalue weighted by Crippen LogP contribution is -2.03. The smallest absolute Gasteiger partial charge is 0.147 e. The largest absolute Gasteiger partial charge is 0.366 e. The van der Waals surface area contributed by atoms with Gasteiger partial charge >= 0.3 is 0 Å². The molecule has 118 valence electrons. The van der Waals surface area contributed by atoms with Crippen molar-refractivity contribution in [1.82, 2.24) is 15.0 Å². The highest BCUT2D eigenvalue weighted by molar-refractivity contribution is 7.26. The normalized spacial score (nSPS) is 13.8. The Hall–Kier alpha value is -0.880. The Balaban J connectivity index is 0.000000882. The SMILES string of the molecule is Cc1nc2sc3c(NC4CC4)ncnc3c2c(C)c1Cl.Cl.Cl. The predicted molar refractivity (Wildman–Crippen MR) is 98.3 cm³/mol. The fourth-order valence-electron chi connectivity index (χ4n) is 2.42. The summed E-state index contributed by atoms with van der Waals surface area (Å²) in [7, 11) is 0. The minimum Gasteiger partial charge on any atom is -0.366 e. The summed E-state index contributed by atoms with van der Waals surface area (Å²) in [5.74, 6) is 0.925. The summed E-state index contributed by atoms with van der Waals surface area (Å²) in [6, 6.07) is 0.567. The quantitative estimate of drug-likeness (QED) is 0.688. The van der Waals surface area contributed by atoms with Gasteiger partial charge in [0.05, 0.1) is 20.9 Å². The summed E-state index contributed by atoms with van der Waals surface area (Å²) in [6.07, 6.45) is 4.06. The maximum absolute atomic E-state index is 6.33. The lowest BCUT2D eigenvalue weighted by molar-refractivity contribution is 1.11. The Morgan fingerprint density at radius 1 is 1.23 bits per heavy atom. The fraction of sp³-hybridized carbons (Fsp3) is 0.357. The van der Waals surface area contributed by atoms with Crippen LogP contribution in [0.15, 0.2) is 6.33 Å². The lowest BCUT2D eigenvalue weighted by atomic mass is 10.1. The first-order chi connectivity index (χ1) is 9.65. The number of pyridine rings is 1. The Labute approximate surface area is 149 Å². The standard InChI is InChI=1S/C14H13ClN4S.2ClH/c1-6-9-11-12(20-14(9)18-7(2)10(6)15)13(17-5-16-11)19-8-3-4-8;;/h5,8H,3-4H2,1-2H3,(H,16,17,19);2*1H. The number of hydrogen-bond donors (Lipinski definition) is 1. The number of nitrogens with one attached hydrogen (secondary N) is 1. The fourth-order valence-corrected chi connectivity index (χ4v) is 3.74. The van der Waals surface area contributed by atoms with Gasteiger partial charge in [0.25, 0.3) is 0 Å². The number of halogens is 3. The van der Waals surface area contributed by atoms with Crippen LogP contribution in [0.1, 0.15) is 24.1 Å². The maximum Gasteiger partial charge on any atom is 0.147 e. The molecule has 0 saturated heterocycles. The van der Waals surface area contributed by atoms with E-state index in [1.54, 1.807) is 17.7 Å². The van der Waals surface area contributed by atoms with Crippen LogP contribution in [0, 0.1) is 13.8 Å². The van der Waals surface area contributed by atoms with Crippen molar-refractivity contribution in [1.29, 1.82) is 0 Å². The third kappa shape index (κ3) is 2.71. The number of thiophene rings is 1. The lowest BCUT2D eigenvalue weighted by Gasteiger charge is -2.04. The van der Waals surface area contributed by atoms with Gasteiger partial charge in [-0.05, 0) is 32.3 Å². The second-order valence-corrected chi connectivity index (χ2v) is 6.61. The molecule has 8 heteroatoms. The molecule has 4 rings (SSSR count). The Bertz CT molecular complexity index is 845. The Kier molecular flexibility index (Phi) is 5.02. The minimum atomic E-state index is 0. The van der Waals surface area contributed by atoms with Gasteiger partial charge in [-0.2, -0.15) is 0 Å². The summed E-state index contributed by atoms with van der Waals surface area (Å²) in [5.41, 5.74) is 2.87. The highest BCUT2D eigenvalue weighted by Crippen LogP contribution is 2.40.